The predicted octanol–water partition coefficient (Wildman–Crippen LogP) is 4.16. The van der Waals surface area contributed by atoms with Gasteiger partial charge in [-0.3, -0.25) is 0 Å². The summed E-state index contributed by atoms with van der Waals surface area (Å²) in [5, 5.41) is 3.05. The zero-order chi connectivity index (χ0) is 12.3. The van der Waals surface area contributed by atoms with Gasteiger partial charge in [-0.1, -0.05) is 19.9 Å². The zero-order valence-electron chi connectivity index (χ0n) is 9.60. The molecule has 0 bridgehead atoms. The van der Waals surface area contributed by atoms with Crippen LogP contribution in [0.5, 0.6) is 0 Å². The summed E-state index contributed by atoms with van der Waals surface area (Å²) in [5.41, 5.74) is -0.107. The third-order valence-electron chi connectivity index (χ3n) is 2.58. The summed E-state index contributed by atoms with van der Waals surface area (Å²) < 4.78 is 37.3. The van der Waals surface area contributed by atoms with Crippen LogP contribution in [0.15, 0.2) is 24.3 Å². The smallest absolute Gasteiger partial charge is 0.382 e. The van der Waals surface area contributed by atoms with E-state index in [9.17, 15) is 13.2 Å². The summed E-state index contributed by atoms with van der Waals surface area (Å²) in [7, 11) is 0. The molecule has 0 fully saturated rings. The van der Waals surface area contributed by atoms with Crippen LogP contribution in [0.25, 0.3) is 0 Å². The van der Waals surface area contributed by atoms with Crippen LogP contribution in [0, 0.1) is 5.92 Å². The molecule has 0 radical (unpaired) electrons. The third kappa shape index (κ3) is 3.43. The summed E-state index contributed by atoms with van der Waals surface area (Å²) in [4.78, 5) is 0. The fourth-order valence-electron chi connectivity index (χ4n) is 1.21. The van der Waals surface area contributed by atoms with Gasteiger partial charge in [-0.15, -0.1) is 0 Å². The maximum absolute atomic E-state index is 12.4. The normalized spacial score (nSPS) is 13.9. The van der Waals surface area contributed by atoms with Gasteiger partial charge in [-0.25, -0.2) is 0 Å². The summed E-state index contributed by atoms with van der Waals surface area (Å²) in [6.45, 7) is 5.99. The zero-order valence-corrected chi connectivity index (χ0v) is 9.60. The Morgan fingerprint density at radius 2 is 1.75 bits per heavy atom. The van der Waals surface area contributed by atoms with Crippen LogP contribution in [-0.2, 0) is 6.18 Å². The van der Waals surface area contributed by atoms with E-state index in [4.69, 9.17) is 0 Å². The van der Waals surface area contributed by atoms with Crippen molar-refractivity contribution in [3.05, 3.63) is 29.8 Å². The highest BCUT2D eigenvalue weighted by Crippen LogP contribution is 2.30. The number of hydrogen-bond donors (Lipinski definition) is 1. The summed E-state index contributed by atoms with van der Waals surface area (Å²) in [6, 6.07) is 5.42. The Morgan fingerprint density at radius 3 is 2.25 bits per heavy atom. The van der Waals surface area contributed by atoms with Crippen molar-refractivity contribution in [3.63, 3.8) is 0 Å². The van der Waals surface area contributed by atoms with Crippen molar-refractivity contribution in [2.45, 2.75) is 33.0 Å². The van der Waals surface area contributed by atoms with E-state index in [0.29, 0.717) is 11.6 Å². The molecule has 1 rings (SSSR count). The highest BCUT2D eigenvalue weighted by molar-refractivity contribution is 5.47. The van der Waals surface area contributed by atoms with E-state index in [1.807, 2.05) is 20.8 Å². The summed E-state index contributed by atoms with van der Waals surface area (Å²) in [6.07, 6.45) is -4.28. The molecule has 1 aromatic carbocycles. The third-order valence-corrected chi connectivity index (χ3v) is 2.58. The molecule has 0 aliphatic rings. The molecular formula is C12H16F3N. The van der Waals surface area contributed by atoms with E-state index in [1.54, 1.807) is 6.07 Å². The van der Waals surface area contributed by atoms with Crippen molar-refractivity contribution < 1.29 is 13.2 Å². The van der Waals surface area contributed by atoms with E-state index in [1.165, 1.54) is 6.07 Å². The van der Waals surface area contributed by atoms with Crippen molar-refractivity contribution in [3.8, 4) is 0 Å². The number of halogens is 3. The summed E-state index contributed by atoms with van der Waals surface area (Å²) in [5.74, 6) is 0.370. The molecule has 16 heavy (non-hydrogen) atoms. The molecule has 0 aliphatic carbocycles. The molecule has 0 saturated carbocycles. The monoisotopic (exact) mass is 231 g/mol. The van der Waals surface area contributed by atoms with Gasteiger partial charge in [0.25, 0.3) is 0 Å². The van der Waals surface area contributed by atoms with Crippen LogP contribution in [0.1, 0.15) is 26.3 Å². The van der Waals surface area contributed by atoms with Crippen LogP contribution >= 0.6 is 0 Å². The van der Waals surface area contributed by atoms with E-state index >= 15 is 0 Å². The van der Waals surface area contributed by atoms with E-state index in [2.05, 4.69) is 5.32 Å². The minimum Gasteiger partial charge on any atom is -0.382 e. The minimum absolute atomic E-state index is 0.142. The second-order valence-electron chi connectivity index (χ2n) is 4.26. The number of nitrogens with one attached hydrogen (secondary N) is 1. The van der Waals surface area contributed by atoms with Crippen LogP contribution in [0.4, 0.5) is 18.9 Å². The Labute approximate surface area is 93.7 Å². The number of anilines is 1. The fourth-order valence-corrected chi connectivity index (χ4v) is 1.21. The van der Waals surface area contributed by atoms with Crippen molar-refractivity contribution in [1.29, 1.82) is 0 Å². The largest absolute Gasteiger partial charge is 0.416 e. The molecule has 1 atom stereocenters. The van der Waals surface area contributed by atoms with Gasteiger partial charge in [0.1, 0.15) is 0 Å². The molecule has 1 aromatic rings. The first-order valence-corrected chi connectivity index (χ1v) is 5.24. The second kappa shape index (κ2) is 4.76. The first kappa shape index (κ1) is 12.9. The number of benzene rings is 1. The van der Waals surface area contributed by atoms with Gasteiger partial charge >= 0.3 is 6.18 Å². The molecule has 90 valence electrons. The standard InChI is InChI=1S/C12H16F3N/c1-8(2)9(3)16-11-6-4-5-10(7-11)12(13,14)15/h4-9,16H,1-3H3. The van der Waals surface area contributed by atoms with Crippen molar-refractivity contribution in [2.75, 3.05) is 5.32 Å². The first-order valence-electron chi connectivity index (χ1n) is 5.24. The number of rotatable bonds is 3. The molecule has 4 heteroatoms. The molecule has 0 aromatic heterocycles. The average Bonchev–Trinajstić information content (AvgIpc) is 2.16. The van der Waals surface area contributed by atoms with Gasteiger partial charge in [-0.2, -0.15) is 13.2 Å². The Hall–Kier alpha value is -1.19. The van der Waals surface area contributed by atoms with Gasteiger partial charge in [0.05, 0.1) is 5.56 Å². The number of alkyl halides is 3. The lowest BCUT2D eigenvalue weighted by Gasteiger charge is -2.19. The molecule has 1 N–H and O–H groups in total. The first-order chi connectivity index (χ1) is 7.30. The summed E-state index contributed by atoms with van der Waals surface area (Å²) >= 11 is 0. The van der Waals surface area contributed by atoms with E-state index in [0.717, 1.165) is 12.1 Å². The van der Waals surface area contributed by atoms with E-state index < -0.39 is 11.7 Å². The molecule has 0 amide bonds. The van der Waals surface area contributed by atoms with Gasteiger partial charge in [0, 0.05) is 11.7 Å². The minimum atomic E-state index is -4.28. The van der Waals surface area contributed by atoms with Crippen molar-refractivity contribution >= 4 is 5.69 Å². The van der Waals surface area contributed by atoms with Gasteiger partial charge in [0.15, 0.2) is 0 Å². The molecule has 0 saturated heterocycles. The van der Waals surface area contributed by atoms with Gasteiger partial charge in [0.2, 0.25) is 0 Å². The lowest BCUT2D eigenvalue weighted by molar-refractivity contribution is -0.137. The lowest BCUT2D eigenvalue weighted by atomic mass is 10.1. The Bertz CT molecular complexity index is 344. The molecule has 1 unspecified atom stereocenters. The fraction of sp³-hybridized carbons (Fsp3) is 0.500. The quantitative estimate of drug-likeness (QED) is 0.823. The van der Waals surface area contributed by atoms with Crippen LogP contribution in [-0.4, -0.2) is 6.04 Å². The Morgan fingerprint density at radius 1 is 1.12 bits per heavy atom. The topological polar surface area (TPSA) is 12.0 Å². The number of hydrogen-bond acceptors (Lipinski definition) is 1. The predicted molar refractivity (Wildman–Crippen MR) is 59.4 cm³/mol. The van der Waals surface area contributed by atoms with Crippen molar-refractivity contribution in [2.24, 2.45) is 5.92 Å². The lowest BCUT2D eigenvalue weighted by Crippen LogP contribution is -2.21. The SMILES string of the molecule is CC(C)C(C)Nc1cccc(C(F)(F)F)c1. The maximum Gasteiger partial charge on any atom is 0.416 e. The maximum atomic E-state index is 12.4. The van der Waals surface area contributed by atoms with Crippen molar-refractivity contribution in [1.82, 2.24) is 0 Å². The van der Waals surface area contributed by atoms with Crippen LogP contribution in [0.2, 0.25) is 0 Å². The van der Waals surface area contributed by atoms with Gasteiger partial charge < -0.3 is 5.32 Å². The molecule has 1 nitrogen and oxygen atoms in total. The molecule has 0 spiro atoms. The Kier molecular flexibility index (Phi) is 3.83. The highest BCUT2D eigenvalue weighted by Gasteiger charge is 2.30. The van der Waals surface area contributed by atoms with Gasteiger partial charge in [-0.05, 0) is 31.0 Å². The molecule has 0 aliphatic heterocycles. The Balaban J connectivity index is 2.83. The van der Waals surface area contributed by atoms with Crippen LogP contribution < -0.4 is 5.32 Å². The average molecular weight is 231 g/mol. The highest BCUT2D eigenvalue weighted by atomic mass is 19.4. The second-order valence-corrected chi connectivity index (χ2v) is 4.26. The van der Waals surface area contributed by atoms with Crippen LogP contribution in [0.3, 0.4) is 0 Å². The van der Waals surface area contributed by atoms with E-state index in [-0.39, 0.29) is 6.04 Å². The molecule has 0 heterocycles. The molecular weight excluding hydrogens is 215 g/mol.